The Morgan fingerprint density at radius 1 is 0.259 bits per heavy atom. The molecule has 394 valence electrons. The first kappa shape index (κ1) is 46.3. The van der Waals surface area contributed by atoms with E-state index in [0.29, 0.717) is 0 Å². The first-order chi connectivity index (χ1) is 42.1. The van der Waals surface area contributed by atoms with E-state index in [1.165, 1.54) is 82.3 Å². The SMILES string of the molecule is c1ccc(-c2ccc3c4cc5c6ccc(-c7ccccc7)cc6n6c5c5c4n(c3c2)-c2cc(N(c3ccccc3)c3ccc4oc7ccccc7c4c3)ccc2B5c2ccc(N(c3ccccc3)c3ccc4oc5ccccc5c4c3)cc2-6)cc1. The van der Waals surface area contributed by atoms with Crippen LogP contribution in [-0.4, -0.2) is 15.8 Å². The molecule has 85 heavy (non-hydrogen) atoms. The molecule has 4 aromatic heterocycles. The van der Waals surface area contributed by atoms with Crippen LogP contribution in [0.2, 0.25) is 0 Å². The minimum atomic E-state index is -0.118. The minimum Gasteiger partial charge on any atom is -0.456 e. The maximum absolute atomic E-state index is 6.41. The number of fused-ring (bicyclic) bond motifs is 18. The monoisotopic (exact) mass is 1080 g/mol. The molecule has 0 fully saturated rings. The molecule has 19 rings (SSSR count). The van der Waals surface area contributed by atoms with Gasteiger partial charge in [0.05, 0.1) is 22.1 Å². The number of para-hydroxylation sites is 4. The van der Waals surface area contributed by atoms with Crippen molar-refractivity contribution in [3.8, 4) is 33.6 Å². The van der Waals surface area contributed by atoms with Crippen molar-refractivity contribution in [2.45, 2.75) is 0 Å². The molecule has 0 bridgehead atoms. The lowest BCUT2D eigenvalue weighted by Crippen LogP contribution is -2.59. The number of hydrogen-bond donors (Lipinski definition) is 0. The zero-order chi connectivity index (χ0) is 55.4. The highest BCUT2D eigenvalue weighted by molar-refractivity contribution is 7.00. The Hall–Kier alpha value is -11.3. The van der Waals surface area contributed by atoms with Crippen LogP contribution in [-0.2, 0) is 0 Å². The molecule has 0 N–H and O–H groups in total. The number of hydrogen-bond acceptors (Lipinski definition) is 4. The zero-order valence-corrected chi connectivity index (χ0v) is 45.8. The molecular weight excluding hydrogens is 1040 g/mol. The van der Waals surface area contributed by atoms with E-state index in [-0.39, 0.29) is 6.71 Å². The van der Waals surface area contributed by atoms with E-state index in [2.05, 4.69) is 292 Å². The van der Waals surface area contributed by atoms with Crippen molar-refractivity contribution in [2.24, 2.45) is 0 Å². The van der Waals surface area contributed by atoms with Crippen molar-refractivity contribution < 1.29 is 8.83 Å². The third kappa shape index (κ3) is 6.72. The zero-order valence-electron chi connectivity index (χ0n) is 45.8. The summed E-state index contributed by atoms with van der Waals surface area (Å²) in [6, 6.07) is 104. The van der Waals surface area contributed by atoms with E-state index in [0.717, 1.165) is 89.4 Å². The molecule has 17 aromatic rings. The smallest absolute Gasteiger partial charge is 0.252 e. The van der Waals surface area contributed by atoms with Crippen molar-refractivity contribution in [1.82, 2.24) is 9.13 Å². The predicted octanol–water partition coefficient (Wildman–Crippen LogP) is 19.1. The van der Waals surface area contributed by atoms with Crippen molar-refractivity contribution in [3.63, 3.8) is 0 Å². The Balaban J connectivity index is 0.911. The Labute approximate surface area is 488 Å². The Morgan fingerprint density at radius 2 is 0.647 bits per heavy atom. The lowest BCUT2D eigenvalue weighted by Gasteiger charge is -2.35. The van der Waals surface area contributed by atoms with Gasteiger partial charge in [-0.2, -0.15) is 0 Å². The summed E-state index contributed by atoms with van der Waals surface area (Å²) in [7, 11) is 0. The fraction of sp³-hybridized carbons (Fsp3) is 0. The molecular formula is C78H47BN4O2. The van der Waals surface area contributed by atoms with Crippen LogP contribution in [0.1, 0.15) is 0 Å². The van der Waals surface area contributed by atoms with Gasteiger partial charge in [-0.1, -0.05) is 170 Å². The quantitative estimate of drug-likeness (QED) is 0.142. The number of nitrogens with zero attached hydrogens (tertiary/aromatic N) is 4. The summed E-state index contributed by atoms with van der Waals surface area (Å²) >= 11 is 0. The highest BCUT2D eigenvalue weighted by atomic mass is 16.3. The molecule has 0 spiro atoms. The third-order valence-electron chi connectivity index (χ3n) is 18.2. The second-order valence-electron chi connectivity index (χ2n) is 22.8. The van der Waals surface area contributed by atoms with Gasteiger partial charge in [-0.05, 0) is 154 Å². The van der Waals surface area contributed by atoms with Crippen LogP contribution in [0.5, 0.6) is 0 Å². The van der Waals surface area contributed by atoms with Crippen LogP contribution in [0, 0.1) is 0 Å². The van der Waals surface area contributed by atoms with Gasteiger partial charge in [-0.3, -0.25) is 0 Å². The molecule has 6 heterocycles. The fourth-order valence-electron chi connectivity index (χ4n) is 14.6. The average molecular weight is 1080 g/mol. The van der Waals surface area contributed by atoms with Gasteiger partial charge in [-0.25, -0.2) is 0 Å². The van der Waals surface area contributed by atoms with Gasteiger partial charge in [0, 0.05) is 88.6 Å². The molecule has 6 nitrogen and oxygen atoms in total. The topological polar surface area (TPSA) is 42.6 Å². The average Bonchev–Trinajstić information content (AvgIpc) is 1.65. The largest absolute Gasteiger partial charge is 0.456 e. The van der Waals surface area contributed by atoms with E-state index < -0.39 is 0 Å². The summed E-state index contributed by atoms with van der Waals surface area (Å²) in [5.41, 5.74) is 25.6. The molecule has 0 unspecified atom stereocenters. The maximum Gasteiger partial charge on any atom is 0.252 e. The van der Waals surface area contributed by atoms with Crippen molar-refractivity contribution in [3.05, 3.63) is 285 Å². The standard InChI is InChI=1S/C78H47BN4O2/c1-5-17-48(18-6-1)50-29-35-58-64-47-65-59-36-30-51(49-19-7-2-8-20-49)42-69(59)83-71-46-57(81(53-23-11-4-12-24-53)55-34-40-75-63(44-55)61-26-14-16-28-73(61)85-75)32-38-67(71)79-66-37-31-56(45-70(66)82(68(58)41-50)77(64)76(79)78(65)83)80(52-21-9-3-10-22-52)54-33-39-74-62(43-54)60-25-13-15-27-72(60)84-74/h1-47H. The van der Waals surface area contributed by atoms with E-state index in [4.69, 9.17) is 8.83 Å². The molecule has 0 saturated carbocycles. The van der Waals surface area contributed by atoms with Gasteiger partial charge in [0.25, 0.3) is 6.71 Å². The summed E-state index contributed by atoms with van der Waals surface area (Å²) in [5, 5.41) is 9.33. The van der Waals surface area contributed by atoms with E-state index in [9.17, 15) is 0 Å². The van der Waals surface area contributed by atoms with Gasteiger partial charge < -0.3 is 27.8 Å². The van der Waals surface area contributed by atoms with Gasteiger partial charge in [0.15, 0.2) is 0 Å². The second-order valence-corrected chi connectivity index (χ2v) is 22.8. The summed E-state index contributed by atoms with van der Waals surface area (Å²) in [6.45, 7) is -0.118. The van der Waals surface area contributed by atoms with Crippen molar-refractivity contribution in [1.29, 1.82) is 0 Å². The van der Waals surface area contributed by atoms with Crippen LogP contribution in [0.25, 0.3) is 121 Å². The lowest BCUT2D eigenvalue weighted by molar-refractivity contribution is 0.668. The van der Waals surface area contributed by atoms with Gasteiger partial charge in [-0.15, -0.1) is 0 Å². The van der Waals surface area contributed by atoms with Crippen LogP contribution in [0.15, 0.2) is 294 Å². The van der Waals surface area contributed by atoms with Gasteiger partial charge in [0.2, 0.25) is 0 Å². The third-order valence-corrected chi connectivity index (χ3v) is 18.2. The van der Waals surface area contributed by atoms with Gasteiger partial charge >= 0.3 is 0 Å². The molecule has 0 amide bonds. The van der Waals surface area contributed by atoms with E-state index in [1.54, 1.807) is 0 Å². The Kier molecular flexibility index (Phi) is 9.61. The van der Waals surface area contributed by atoms with Crippen LogP contribution < -0.4 is 26.2 Å². The van der Waals surface area contributed by atoms with E-state index in [1.807, 2.05) is 12.1 Å². The van der Waals surface area contributed by atoms with Crippen molar-refractivity contribution >= 4 is 145 Å². The number of anilines is 6. The predicted molar refractivity (Wildman–Crippen MR) is 355 cm³/mol. The summed E-state index contributed by atoms with van der Waals surface area (Å²) < 4.78 is 18.0. The molecule has 0 atom stereocenters. The summed E-state index contributed by atoms with van der Waals surface area (Å²) in [4.78, 5) is 4.81. The number of aromatic nitrogens is 2. The highest BCUT2D eigenvalue weighted by Crippen LogP contribution is 2.47. The molecule has 7 heteroatoms. The Morgan fingerprint density at radius 3 is 1.11 bits per heavy atom. The second kappa shape index (κ2) is 17.6. The summed E-state index contributed by atoms with van der Waals surface area (Å²) in [6.07, 6.45) is 0. The fourth-order valence-corrected chi connectivity index (χ4v) is 14.6. The normalized spacial score (nSPS) is 12.4. The number of furan rings is 2. The molecule has 0 saturated heterocycles. The maximum atomic E-state index is 6.41. The van der Waals surface area contributed by atoms with E-state index >= 15 is 0 Å². The molecule has 2 aliphatic heterocycles. The van der Waals surface area contributed by atoms with Crippen LogP contribution in [0.4, 0.5) is 34.1 Å². The number of benzene rings is 13. The minimum absolute atomic E-state index is 0.118. The van der Waals surface area contributed by atoms with Crippen LogP contribution >= 0.6 is 0 Å². The molecule has 13 aromatic carbocycles. The number of rotatable bonds is 8. The van der Waals surface area contributed by atoms with Gasteiger partial charge in [0.1, 0.15) is 22.3 Å². The molecule has 0 radical (unpaired) electrons. The summed E-state index contributed by atoms with van der Waals surface area (Å²) in [5.74, 6) is 0. The Bertz CT molecular complexity index is 5280. The first-order valence-electron chi connectivity index (χ1n) is 29.2. The molecule has 2 aliphatic rings. The highest BCUT2D eigenvalue weighted by Gasteiger charge is 2.42. The van der Waals surface area contributed by atoms with Crippen LogP contribution in [0.3, 0.4) is 0 Å². The first-order valence-corrected chi connectivity index (χ1v) is 29.2. The van der Waals surface area contributed by atoms with Crippen molar-refractivity contribution in [2.75, 3.05) is 9.80 Å². The lowest BCUT2D eigenvalue weighted by atomic mass is 9.34. The molecule has 0 aliphatic carbocycles.